The lowest BCUT2D eigenvalue weighted by atomic mass is 10.2. The van der Waals surface area contributed by atoms with Gasteiger partial charge in [0, 0.05) is 19.6 Å². The predicted molar refractivity (Wildman–Crippen MR) is 74.3 cm³/mol. The molecule has 0 bridgehead atoms. The molecule has 1 atom stereocenters. The van der Waals surface area contributed by atoms with Crippen molar-refractivity contribution in [1.29, 1.82) is 0 Å². The molecule has 7 nitrogen and oxygen atoms in total. The number of aliphatic hydroxyl groups excluding tert-OH is 1. The van der Waals surface area contributed by atoms with Crippen LogP contribution >= 0.6 is 15.9 Å². The summed E-state index contributed by atoms with van der Waals surface area (Å²) < 4.78 is 7.18. The van der Waals surface area contributed by atoms with E-state index in [1.165, 1.54) is 4.68 Å². The first kappa shape index (κ1) is 14.4. The Morgan fingerprint density at radius 2 is 2.42 bits per heavy atom. The molecule has 106 valence electrons. The van der Waals surface area contributed by atoms with Crippen LogP contribution in [-0.4, -0.2) is 53.8 Å². The SMILES string of the molecule is NCC1CN(c2cnn(CCO)c(=O)c2Br)CCO1. The summed E-state index contributed by atoms with van der Waals surface area (Å²) in [6, 6.07) is 0. The summed E-state index contributed by atoms with van der Waals surface area (Å²) >= 11 is 3.31. The molecule has 0 amide bonds. The Labute approximate surface area is 119 Å². The van der Waals surface area contributed by atoms with Gasteiger partial charge in [-0.3, -0.25) is 4.79 Å². The van der Waals surface area contributed by atoms with Crippen LogP contribution in [0.1, 0.15) is 0 Å². The van der Waals surface area contributed by atoms with E-state index in [-0.39, 0.29) is 24.8 Å². The summed E-state index contributed by atoms with van der Waals surface area (Å²) in [5, 5.41) is 12.9. The summed E-state index contributed by atoms with van der Waals surface area (Å²) in [6.45, 7) is 2.43. The molecular weight excluding hydrogens is 316 g/mol. The van der Waals surface area contributed by atoms with E-state index >= 15 is 0 Å². The van der Waals surface area contributed by atoms with E-state index in [4.69, 9.17) is 15.6 Å². The number of rotatable bonds is 4. The highest BCUT2D eigenvalue weighted by Crippen LogP contribution is 2.23. The minimum Gasteiger partial charge on any atom is -0.394 e. The molecule has 1 aromatic rings. The molecule has 0 spiro atoms. The molecule has 3 N–H and O–H groups in total. The number of halogens is 1. The maximum absolute atomic E-state index is 12.0. The van der Waals surface area contributed by atoms with Gasteiger partial charge in [0.15, 0.2) is 0 Å². The number of aromatic nitrogens is 2. The number of hydrogen-bond acceptors (Lipinski definition) is 6. The molecule has 0 aromatic carbocycles. The molecule has 2 rings (SSSR count). The van der Waals surface area contributed by atoms with E-state index in [0.717, 1.165) is 5.69 Å². The van der Waals surface area contributed by atoms with Gasteiger partial charge in [-0.05, 0) is 15.9 Å². The van der Waals surface area contributed by atoms with Crippen LogP contribution in [0.4, 0.5) is 5.69 Å². The Bertz CT molecular complexity index is 493. The Morgan fingerprint density at radius 3 is 3.11 bits per heavy atom. The smallest absolute Gasteiger partial charge is 0.283 e. The lowest BCUT2D eigenvalue weighted by Gasteiger charge is -2.34. The van der Waals surface area contributed by atoms with E-state index in [9.17, 15) is 4.79 Å². The molecule has 8 heteroatoms. The zero-order chi connectivity index (χ0) is 13.8. The van der Waals surface area contributed by atoms with Crippen LogP contribution in [-0.2, 0) is 11.3 Å². The van der Waals surface area contributed by atoms with Crippen LogP contribution in [0.2, 0.25) is 0 Å². The molecule has 0 radical (unpaired) electrons. The first-order chi connectivity index (χ1) is 9.17. The average Bonchev–Trinajstić information content (AvgIpc) is 2.44. The third-order valence-electron chi connectivity index (χ3n) is 3.02. The van der Waals surface area contributed by atoms with Crippen molar-refractivity contribution in [2.24, 2.45) is 5.73 Å². The van der Waals surface area contributed by atoms with Gasteiger partial charge in [0.25, 0.3) is 5.56 Å². The van der Waals surface area contributed by atoms with Crippen molar-refractivity contribution in [2.75, 3.05) is 37.7 Å². The largest absolute Gasteiger partial charge is 0.394 e. The van der Waals surface area contributed by atoms with Crippen molar-refractivity contribution in [1.82, 2.24) is 9.78 Å². The van der Waals surface area contributed by atoms with Crippen LogP contribution in [0, 0.1) is 0 Å². The van der Waals surface area contributed by atoms with Crippen LogP contribution in [0.25, 0.3) is 0 Å². The average molecular weight is 333 g/mol. The number of hydrogen-bond donors (Lipinski definition) is 2. The quantitative estimate of drug-likeness (QED) is 0.747. The second-order valence-electron chi connectivity index (χ2n) is 4.27. The highest BCUT2D eigenvalue weighted by Gasteiger charge is 2.22. The Hall–Kier alpha value is -0.960. The summed E-state index contributed by atoms with van der Waals surface area (Å²) in [5.74, 6) is 0. The van der Waals surface area contributed by atoms with Gasteiger partial charge in [-0.1, -0.05) is 0 Å². The second kappa shape index (κ2) is 6.47. The molecule has 0 saturated carbocycles. The normalized spacial score (nSPS) is 19.7. The highest BCUT2D eigenvalue weighted by molar-refractivity contribution is 9.10. The van der Waals surface area contributed by atoms with Crippen molar-refractivity contribution in [3.05, 3.63) is 21.0 Å². The van der Waals surface area contributed by atoms with Crippen LogP contribution < -0.4 is 16.2 Å². The molecule has 2 heterocycles. The van der Waals surface area contributed by atoms with Crippen molar-refractivity contribution < 1.29 is 9.84 Å². The summed E-state index contributed by atoms with van der Waals surface area (Å²) in [7, 11) is 0. The Kier molecular flexibility index (Phi) is 4.92. The fraction of sp³-hybridized carbons (Fsp3) is 0.636. The van der Waals surface area contributed by atoms with Crippen molar-refractivity contribution >= 4 is 21.6 Å². The number of anilines is 1. The predicted octanol–water partition coefficient (Wildman–Crippen LogP) is -0.838. The third-order valence-corrected chi connectivity index (χ3v) is 3.77. The van der Waals surface area contributed by atoms with Crippen LogP contribution in [0.3, 0.4) is 0 Å². The molecule has 1 aliphatic heterocycles. The minimum absolute atomic E-state index is 0.0273. The molecule has 1 unspecified atom stereocenters. The Balaban J connectivity index is 2.25. The lowest BCUT2D eigenvalue weighted by molar-refractivity contribution is 0.0465. The second-order valence-corrected chi connectivity index (χ2v) is 5.06. The van der Waals surface area contributed by atoms with E-state index in [0.29, 0.717) is 30.7 Å². The van der Waals surface area contributed by atoms with Crippen molar-refractivity contribution in [3.8, 4) is 0 Å². The zero-order valence-corrected chi connectivity index (χ0v) is 12.0. The van der Waals surface area contributed by atoms with Crippen molar-refractivity contribution in [3.63, 3.8) is 0 Å². The molecule has 19 heavy (non-hydrogen) atoms. The maximum Gasteiger partial charge on any atom is 0.283 e. The zero-order valence-electron chi connectivity index (χ0n) is 10.5. The first-order valence-corrected chi connectivity index (χ1v) is 6.89. The molecule has 1 aliphatic rings. The summed E-state index contributed by atoms with van der Waals surface area (Å²) in [5.41, 5.74) is 6.09. The van der Waals surface area contributed by atoms with Gasteiger partial charge in [0.1, 0.15) is 4.47 Å². The number of morpholine rings is 1. The maximum atomic E-state index is 12.0. The summed E-state index contributed by atoms with van der Waals surface area (Å²) in [4.78, 5) is 14.1. The van der Waals surface area contributed by atoms with Gasteiger partial charge in [-0.2, -0.15) is 5.10 Å². The lowest BCUT2D eigenvalue weighted by Crippen LogP contribution is -2.46. The van der Waals surface area contributed by atoms with Gasteiger partial charge in [-0.25, -0.2) is 4.68 Å². The number of nitrogens with zero attached hydrogens (tertiary/aromatic N) is 3. The van der Waals surface area contributed by atoms with E-state index < -0.39 is 0 Å². The van der Waals surface area contributed by atoms with Crippen molar-refractivity contribution in [2.45, 2.75) is 12.6 Å². The molecular formula is C11H17BrN4O3. The summed E-state index contributed by atoms with van der Waals surface area (Å²) in [6.07, 6.45) is 1.60. The van der Waals surface area contributed by atoms with Crippen LogP contribution in [0.5, 0.6) is 0 Å². The molecule has 1 saturated heterocycles. The van der Waals surface area contributed by atoms with E-state index in [1.807, 2.05) is 4.90 Å². The third kappa shape index (κ3) is 3.14. The first-order valence-electron chi connectivity index (χ1n) is 6.10. The molecule has 1 aromatic heterocycles. The van der Waals surface area contributed by atoms with E-state index in [1.54, 1.807) is 6.20 Å². The van der Waals surface area contributed by atoms with Gasteiger partial charge in [-0.15, -0.1) is 0 Å². The van der Waals surface area contributed by atoms with Crippen LogP contribution in [0.15, 0.2) is 15.5 Å². The topological polar surface area (TPSA) is 93.6 Å². The highest BCUT2D eigenvalue weighted by atomic mass is 79.9. The number of nitrogens with two attached hydrogens (primary N) is 1. The molecule has 0 aliphatic carbocycles. The van der Waals surface area contributed by atoms with Gasteiger partial charge >= 0.3 is 0 Å². The van der Waals surface area contributed by atoms with Gasteiger partial charge < -0.3 is 20.5 Å². The minimum atomic E-state index is -0.248. The fourth-order valence-electron chi connectivity index (χ4n) is 2.01. The fourth-order valence-corrected chi connectivity index (χ4v) is 2.57. The molecule has 1 fully saturated rings. The standard InChI is InChI=1S/C11H17BrN4O3/c12-10-9(6-14-16(1-3-17)11(10)18)15-2-4-19-8(5-13)7-15/h6,8,17H,1-5,7,13H2. The number of aliphatic hydroxyl groups is 1. The van der Waals surface area contributed by atoms with Gasteiger partial charge in [0.05, 0.1) is 37.7 Å². The van der Waals surface area contributed by atoms with E-state index in [2.05, 4.69) is 21.0 Å². The van der Waals surface area contributed by atoms with Gasteiger partial charge in [0.2, 0.25) is 0 Å². The monoisotopic (exact) mass is 332 g/mol. The Morgan fingerprint density at radius 1 is 1.63 bits per heavy atom. The number of ether oxygens (including phenoxy) is 1.